The monoisotopic (exact) mass is 279 g/mol. The minimum Gasteiger partial charge on any atom is -0.496 e. The first-order chi connectivity index (χ1) is 9.09. The lowest BCUT2D eigenvalue weighted by Crippen LogP contribution is -2.33. The molecular weight excluding hydrogens is 265 g/mol. The number of amides is 1. The van der Waals surface area contributed by atoms with E-state index in [-0.39, 0.29) is 11.4 Å². The molecule has 5 nitrogen and oxygen atoms in total. The number of thioether (sulfide) groups is 1. The number of hydrogen-bond donors (Lipinski definition) is 3. The Hall–Kier alpha value is -1.44. The van der Waals surface area contributed by atoms with Crippen LogP contribution in [0, 0.1) is 0 Å². The Labute approximate surface area is 115 Å². The molecule has 1 heterocycles. The van der Waals surface area contributed by atoms with Crippen molar-refractivity contribution in [1.82, 2.24) is 0 Å². The van der Waals surface area contributed by atoms with Crippen LogP contribution in [0.1, 0.15) is 6.92 Å². The van der Waals surface area contributed by atoms with Crippen LogP contribution in [0.4, 0.5) is 5.69 Å². The molecule has 0 saturated carbocycles. The fourth-order valence-electron chi connectivity index (χ4n) is 1.75. The average Bonchev–Trinajstić information content (AvgIpc) is 2.39. The van der Waals surface area contributed by atoms with Crippen LogP contribution in [0.5, 0.6) is 0 Å². The van der Waals surface area contributed by atoms with Gasteiger partial charge >= 0.3 is 7.12 Å². The summed E-state index contributed by atoms with van der Waals surface area (Å²) < 4.78 is 5.33. The molecular formula is C12H14BNO4S. The Kier molecular flexibility index (Phi) is 4.52. The van der Waals surface area contributed by atoms with E-state index in [9.17, 15) is 14.8 Å². The van der Waals surface area contributed by atoms with Gasteiger partial charge in [0.15, 0.2) is 0 Å². The van der Waals surface area contributed by atoms with Gasteiger partial charge in [0.2, 0.25) is 0 Å². The molecule has 7 heteroatoms. The van der Waals surface area contributed by atoms with E-state index in [4.69, 9.17) is 4.74 Å². The first-order valence-electron chi connectivity index (χ1n) is 5.82. The molecule has 0 bridgehead atoms. The second-order valence-corrected chi connectivity index (χ2v) is 5.10. The Morgan fingerprint density at radius 3 is 2.84 bits per heavy atom. The van der Waals surface area contributed by atoms with Crippen molar-refractivity contribution in [2.75, 3.05) is 17.7 Å². The van der Waals surface area contributed by atoms with E-state index >= 15 is 0 Å². The minimum absolute atomic E-state index is 0.260. The third-order valence-electron chi connectivity index (χ3n) is 2.66. The van der Waals surface area contributed by atoms with Crippen molar-refractivity contribution in [2.45, 2.75) is 6.92 Å². The molecule has 0 unspecified atom stereocenters. The molecule has 0 saturated heterocycles. The molecule has 3 N–H and O–H groups in total. The summed E-state index contributed by atoms with van der Waals surface area (Å²) >= 11 is 1.43. The molecule has 0 atom stereocenters. The van der Waals surface area contributed by atoms with Crippen molar-refractivity contribution in [3.63, 3.8) is 0 Å². The summed E-state index contributed by atoms with van der Waals surface area (Å²) in [5.41, 5.74) is 0.643. The number of carbonyl (C=O) groups excluding carboxylic acids is 1. The van der Waals surface area contributed by atoms with Gasteiger partial charge in [0.1, 0.15) is 10.7 Å². The van der Waals surface area contributed by atoms with E-state index in [2.05, 4.69) is 5.32 Å². The highest BCUT2D eigenvalue weighted by Crippen LogP contribution is 2.26. The first kappa shape index (κ1) is 14.0. The molecule has 1 aliphatic heterocycles. The van der Waals surface area contributed by atoms with Crippen molar-refractivity contribution in [3.05, 3.63) is 34.9 Å². The molecule has 1 aromatic rings. The predicted molar refractivity (Wildman–Crippen MR) is 76.0 cm³/mol. The average molecular weight is 279 g/mol. The third kappa shape index (κ3) is 3.31. The van der Waals surface area contributed by atoms with Gasteiger partial charge in [-0.2, -0.15) is 0 Å². The van der Waals surface area contributed by atoms with Crippen molar-refractivity contribution < 1.29 is 19.6 Å². The summed E-state index contributed by atoms with van der Waals surface area (Å²) in [4.78, 5) is 12.6. The van der Waals surface area contributed by atoms with E-state index < -0.39 is 7.12 Å². The smallest absolute Gasteiger partial charge is 0.490 e. The molecule has 100 valence electrons. The lowest BCUT2D eigenvalue weighted by Gasteiger charge is -2.18. The van der Waals surface area contributed by atoms with Crippen LogP contribution in [0.15, 0.2) is 34.9 Å². The fraction of sp³-hybridized carbons (Fsp3) is 0.250. The van der Waals surface area contributed by atoms with Gasteiger partial charge in [0, 0.05) is 16.9 Å². The molecule has 1 amide bonds. The van der Waals surface area contributed by atoms with Crippen LogP contribution in [-0.4, -0.2) is 35.4 Å². The number of carbonyl (C=O) groups is 1. The minimum atomic E-state index is -1.62. The first-order valence-corrected chi connectivity index (χ1v) is 6.81. The van der Waals surface area contributed by atoms with E-state index in [1.807, 2.05) is 0 Å². The van der Waals surface area contributed by atoms with Crippen molar-refractivity contribution in [2.24, 2.45) is 0 Å². The van der Waals surface area contributed by atoms with E-state index in [1.165, 1.54) is 11.8 Å². The Morgan fingerprint density at radius 1 is 1.42 bits per heavy atom. The SMILES string of the molecule is CC1=C(C(=O)Nc2ccccc2B(O)O)SCCO1. The number of anilines is 1. The van der Waals surface area contributed by atoms with Crippen molar-refractivity contribution in [1.29, 1.82) is 0 Å². The van der Waals surface area contributed by atoms with Crippen LogP contribution in [0.3, 0.4) is 0 Å². The maximum Gasteiger partial charge on any atom is 0.490 e. The van der Waals surface area contributed by atoms with Gasteiger partial charge in [-0.1, -0.05) is 18.2 Å². The molecule has 0 aliphatic carbocycles. The zero-order chi connectivity index (χ0) is 13.8. The van der Waals surface area contributed by atoms with Crippen LogP contribution < -0.4 is 10.8 Å². The topological polar surface area (TPSA) is 78.8 Å². The van der Waals surface area contributed by atoms with Crippen molar-refractivity contribution >= 4 is 35.9 Å². The second kappa shape index (κ2) is 6.14. The second-order valence-electron chi connectivity index (χ2n) is 4.00. The summed E-state index contributed by atoms with van der Waals surface area (Å²) in [5, 5.41) is 21.2. The molecule has 1 aromatic carbocycles. The van der Waals surface area contributed by atoms with Gasteiger partial charge in [-0.05, 0) is 13.0 Å². The van der Waals surface area contributed by atoms with E-state index in [0.717, 1.165) is 5.75 Å². The summed E-state index contributed by atoms with van der Waals surface area (Å²) in [7, 11) is -1.62. The lowest BCUT2D eigenvalue weighted by atomic mass is 9.79. The summed E-state index contributed by atoms with van der Waals surface area (Å²) in [6, 6.07) is 6.56. The quantitative estimate of drug-likeness (QED) is 0.694. The number of benzene rings is 1. The number of hydrogen-bond acceptors (Lipinski definition) is 5. The number of rotatable bonds is 3. The molecule has 19 heavy (non-hydrogen) atoms. The fourth-order valence-corrected chi connectivity index (χ4v) is 2.56. The number of nitrogens with one attached hydrogen (secondary N) is 1. The summed E-state index contributed by atoms with van der Waals surface area (Å²) in [6.45, 7) is 2.34. The number of para-hydroxylation sites is 1. The zero-order valence-electron chi connectivity index (χ0n) is 10.4. The Morgan fingerprint density at radius 2 is 2.16 bits per heavy atom. The number of allylic oxidation sites excluding steroid dienone is 1. The standard InChI is InChI=1S/C12H14BNO4S/c1-8-11(19-7-6-18-8)12(15)14-10-5-3-2-4-9(10)13(16)17/h2-5,16-17H,6-7H2,1H3,(H,14,15). The maximum atomic E-state index is 12.1. The van der Waals surface area contributed by atoms with Crippen LogP contribution in [0.25, 0.3) is 0 Å². The number of ether oxygens (including phenoxy) is 1. The molecule has 0 spiro atoms. The van der Waals surface area contributed by atoms with Crippen LogP contribution >= 0.6 is 11.8 Å². The van der Waals surface area contributed by atoms with E-state index in [0.29, 0.717) is 23.0 Å². The Balaban J connectivity index is 2.20. The molecule has 2 rings (SSSR count). The summed E-state index contributed by atoms with van der Waals surface area (Å²) in [6.07, 6.45) is 0. The van der Waals surface area contributed by atoms with Crippen LogP contribution in [-0.2, 0) is 9.53 Å². The zero-order valence-corrected chi connectivity index (χ0v) is 11.2. The summed E-state index contributed by atoms with van der Waals surface area (Å²) in [5.74, 6) is 1.02. The normalized spacial score (nSPS) is 14.9. The van der Waals surface area contributed by atoms with E-state index in [1.54, 1.807) is 31.2 Å². The highest BCUT2D eigenvalue weighted by atomic mass is 32.2. The van der Waals surface area contributed by atoms with Crippen LogP contribution in [0.2, 0.25) is 0 Å². The van der Waals surface area contributed by atoms with Gasteiger partial charge in [0.25, 0.3) is 5.91 Å². The Bertz CT molecular complexity index is 518. The predicted octanol–water partition coefficient (Wildman–Crippen LogP) is 0.300. The molecule has 0 fully saturated rings. The molecule has 0 radical (unpaired) electrons. The van der Waals surface area contributed by atoms with Gasteiger partial charge in [-0.3, -0.25) is 4.79 Å². The third-order valence-corrected chi connectivity index (χ3v) is 3.79. The van der Waals surface area contributed by atoms with Crippen molar-refractivity contribution in [3.8, 4) is 0 Å². The lowest BCUT2D eigenvalue weighted by molar-refractivity contribution is -0.112. The van der Waals surface area contributed by atoms with Gasteiger partial charge in [-0.15, -0.1) is 11.8 Å². The largest absolute Gasteiger partial charge is 0.496 e. The maximum absolute atomic E-state index is 12.1. The highest BCUT2D eigenvalue weighted by Gasteiger charge is 2.21. The van der Waals surface area contributed by atoms with Gasteiger partial charge in [-0.25, -0.2) is 0 Å². The molecule has 0 aromatic heterocycles. The molecule has 1 aliphatic rings. The highest BCUT2D eigenvalue weighted by molar-refractivity contribution is 8.04. The van der Waals surface area contributed by atoms with Gasteiger partial charge < -0.3 is 20.1 Å². The van der Waals surface area contributed by atoms with Gasteiger partial charge in [0.05, 0.1) is 6.61 Å².